The number of carbonyl (C=O) groups is 2. The summed E-state index contributed by atoms with van der Waals surface area (Å²) in [5.74, 6) is -0.314. The summed E-state index contributed by atoms with van der Waals surface area (Å²) in [5, 5.41) is 2.93. The van der Waals surface area contributed by atoms with Gasteiger partial charge in [-0.1, -0.05) is 55.0 Å². The Hall–Kier alpha value is -2.87. The third-order valence-corrected chi connectivity index (χ3v) is 6.97. The second-order valence-corrected chi connectivity index (χ2v) is 11.1. The molecule has 0 radical (unpaired) electrons. The van der Waals surface area contributed by atoms with Crippen LogP contribution < -0.4 is 9.62 Å². The summed E-state index contributed by atoms with van der Waals surface area (Å²) < 4.78 is 26.2. The van der Waals surface area contributed by atoms with Crippen molar-refractivity contribution in [3.8, 4) is 0 Å². The normalized spacial score (nSPS) is 12.3. The van der Waals surface area contributed by atoms with Crippen LogP contribution in [0.4, 0.5) is 5.69 Å². The molecule has 192 valence electrons. The standard InChI is InChI=1S/C27H39N3O4S/c1-6-25(27(32)28-21(2)3)29(20-18-23-11-8-7-9-12-23)26(31)13-10-19-30(35(5,33)34)24-16-14-22(4)15-17-24/h7-9,11-12,14-17,21,25H,6,10,13,18-20H2,1-5H3,(H,28,32)/t25-/m0/s1. The SMILES string of the molecule is CC[C@@H](C(=O)NC(C)C)N(CCc1ccccc1)C(=O)CCCN(c1ccc(C)cc1)S(C)(=O)=O. The molecule has 2 aromatic carbocycles. The summed E-state index contributed by atoms with van der Waals surface area (Å²) in [4.78, 5) is 27.9. The molecule has 0 bridgehead atoms. The van der Waals surface area contributed by atoms with Gasteiger partial charge in [0.2, 0.25) is 21.8 Å². The second-order valence-electron chi connectivity index (χ2n) is 9.18. The monoisotopic (exact) mass is 501 g/mol. The van der Waals surface area contributed by atoms with E-state index < -0.39 is 16.1 Å². The van der Waals surface area contributed by atoms with Crippen LogP contribution >= 0.6 is 0 Å². The molecule has 0 aliphatic heterocycles. The largest absolute Gasteiger partial charge is 0.352 e. The van der Waals surface area contributed by atoms with Crippen molar-refractivity contribution in [2.45, 2.75) is 65.5 Å². The first-order chi connectivity index (χ1) is 16.5. The second kappa shape index (κ2) is 13.3. The van der Waals surface area contributed by atoms with E-state index in [1.165, 1.54) is 10.6 Å². The fourth-order valence-electron chi connectivity index (χ4n) is 3.99. The third-order valence-electron chi connectivity index (χ3n) is 5.78. The molecule has 0 heterocycles. The smallest absolute Gasteiger partial charge is 0.242 e. The Kier molecular flexibility index (Phi) is 10.8. The van der Waals surface area contributed by atoms with Gasteiger partial charge in [-0.25, -0.2) is 8.42 Å². The maximum atomic E-state index is 13.3. The quantitative estimate of drug-likeness (QED) is 0.451. The van der Waals surface area contributed by atoms with Crippen LogP contribution in [0.3, 0.4) is 0 Å². The van der Waals surface area contributed by atoms with Crippen LogP contribution in [0, 0.1) is 6.92 Å². The highest BCUT2D eigenvalue weighted by Gasteiger charge is 2.28. The van der Waals surface area contributed by atoms with E-state index in [4.69, 9.17) is 0 Å². The topological polar surface area (TPSA) is 86.8 Å². The van der Waals surface area contributed by atoms with Crippen molar-refractivity contribution in [2.24, 2.45) is 0 Å². The average molecular weight is 502 g/mol. The minimum absolute atomic E-state index is 0.0274. The summed E-state index contributed by atoms with van der Waals surface area (Å²) in [7, 11) is -3.50. The van der Waals surface area contributed by atoms with Gasteiger partial charge in [-0.05, 0) is 57.7 Å². The first kappa shape index (κ1) is 28.4. The molecule has 2 amide bonds. The van der Waals surface area contributed by atoms with Crippen LogP contribution in [0.15, 0.2) is 54.6 Å². The van der Waals surface area contributed by atoms with Crippen LogP contribution in [0.1, 0.15) is 51.2 Å². The van der Waals surface area contributed by atoms with Gasteiger partial charge in [0, 0.05) is 25.6 Å². The van der Waals surface area contributed by atoms with E-state index in [9.17, 15) is 18.0 Å². The zero-order valence-corrected chi connectivity index (χ0v) is 22.3. The lowest BCUT2D eigenvalue weighted by atomic mass is 10.1. The Morgan fingerprint density at radius 3 is 2.14 bits per heavy atom. The number of sulfonamides is 1. The average Bonchev–Trinajstić information content (AvgIpc) is 2.79. The Morgan fingerprint density at radius 1 is 0.971 bits per heavy atom. The van der Waals surface area contributed by atoms with E-state index in [0.717, 1.165) is 11.1 Å². The zero-order chi connectivity index (χ0) is 26.0. The van der Waals surface area contributed by atoms with E-state index in [2.05, 4.69) is 5.32 Å². The highest BCUT2D eigenvalue weighted by molar-refractivity contribution is 7.92. The number of hydrogen-bond donors (Lipinski definition) is 1. The minimum Gasteiger partial charge on any atom is -0.352 e. The number of rotatable bonds is 13. The first-order valence-corrected chi connectivity index (χ1v) is 14.1. The van der Waals surface area contributed by atoms with Crippen molar-refractivity contribution in [1.29, 1.82) is 0 Å². The molecule has 0 saturated heterocycles. The van der Waals surface area contributed by atoms with E-state index >= 15 is 0 Å². The number of benzene rings is 2. The van der Waals surface area contributed by atoms with Crippen LogP contribution in [0.25, 0.3) is 0 Å². The van der Waals surface area contributed by atoms with E-state index in [1.807, 2.05) is 70.2 Å². The van der Waals surface area contributed by atoms with Gasteiger partial charge >= 0.3 is 0 Å². The van der Waals surface area contributed by atoms with Crippen molar-refractivity contribution in [1.82, 2.24) is 10.2 Å². The van der Waals surface area contributed by atoms with Crippen LogP contribution in [0.5, 0.6) is 0 Å². The lowest BCUT2D eigenvalue weighted by molar-refractivity contribution is -0.141. The highest BCUT2D eigenvalue weighted by Crippen LogP contribution is 2.19. The Morgan fingerprint density at radius 2 is 1.60 bits per heavy atom. The zero-order valence-electron chi connectivity index (χ0n) is 21.5. The molecule has 0 spiro atoms. The Labute approximate surface area is 210 Å². The van der Waals surface area contributed by atoms with Gasteiger partial charge in [0.25, 0.3) is 0 Å². The van der Waals surface area contributed by atoms with Gasteiger partial charge in [-0.3, -0.25) is 13.9 Å². The van der Waals surface area contributed by atoms with Gasteiger partial charge < -0.3 is 10.2 Å². The molecular weight excluding hydrogens is 462 g/mol. The summed E-state index contributed by atoms with van der Waals surface area (Å²) in [6, 6.07) is 16.5. The number of nitrogens with one attached hydrogen (secondary N) is 1. The van der Waals surface area contributed by atoms with Gasteiger partial charge in [0.15, 0.2) is 0 Å². The highest BCUT2D eigenvalue weighted by atomic mass is 32.2. The molecule has 0 fully saturated rings. The molecule has 0 aliphatic rings. The van der Waals surface area contributed by atoms with E-state index in [-0.39, 0.29) is 30.8 Å². The molecule has 1 atom stereocenters. The summed E-state index contributed by atoms with van der Waals surface area (Å²) in [6.07, 6.45) is 2.81. The molecule has 0 unspecified atom stereocenters. The molecule has 35 heavy (non-hydrogen) atoms. The minimum atomic E-state index is -3.50. The molecular formula is C27H39N3O4S. The number of nitrogens with zero attached hydrogens (tertiary/aromatic N) is 2. The van der Waals surface area contributed by atoms with Gasteiger partial charge in [0.1, 0.15) is 6.04 Å². The van der Waals surface area contributed by atoms with Crippen molar-refractivity contribution >= 4 is 27.5 Å². The number of carbonyl (C=O) groups excluding carboxylic acids is 2. The lowest BCUT2D eigenvalue weighted by Crippen LogP contribution is -2.51. The first-order valence-electron chi connectivity index (χ1n) is 12.2. The molecule has 2 aromatic rings. The van der Waals surface area contributed by atoms with Crippen LogP contribution in [-0.2, 0) is 26.0 Å². The van der Waals surface area contributed by atoms with Gasteiger partial charge in [-0.15, -0.1) is 0 Å². The van der Waals surface area contributed by atoms with E-state index in [1.54, 1.807) is 17.0 Å². The van der Waals surface area contributed by atoms with Crippen molar-refractivity contribution < 1.29 is 18.0 Å². The third kappa shape index (κ3) is 9.02. The van der Waals surface area contributed by atoms with E-state index in [0.29, 0.717) is 31.5 Å². The fourth-order valence-corrected chi connectivity index (χ4v) is 4.96. The van der Waals surface area contributed by atoms with Crippen LogP contribution in [-0.4, -0.2) is 56.6 Å². The maximum Gasteiger partial charge on any atom is 0.242 e. The fraction of sp³-hybridized carbons (Fsp3) is 0.481. The molecule has 0 saturated carbocycles. The molecule has 1 N–H and O–H groups in total. The van der Waals surface area contributed by atoms with Crippen molar-refractivity contribution in [3.63, 3.8) is 0 Å². The predicted molar refractivity (Wildman–Crippen MR) is 142 cm³/mol. The maximum absolute atomic E-state index is 13.3. The summed E-state index contributed by atoms with van der Waals surface area (Å²) in [5.41, 5.74) is 2.71. The van der Waals surface area contributed by atoms with Crippen LogP contribution in [0.2, 0.25) is 0 Å². The predicted octanol–water partition coefficient (Wildman–Crippen LogP) is 3.92. The Balaban J connectivity index is 2.14. The molecule has 2 rings (SSSR count). The van der Waals surface area contributed by atoms with Gasteiger partial charge in [-0.2, -0.15) is 0 Å². The molecule has 0 aliphatic carbocycles. The molecule has 0 aromatic heterocycles. The number of aryl methyl sites for hydroxylation is 1. The van der Waals surface area contributed by atoms with Gasteiger partial charge in [0.05, 0.1) is 11.9 Å². The summed E-state index contributed by atoms with van der Waals surface area (Å²) in [6.45, 7) is 8.24. The van der Waals surface area contributed by atoms with Crippen molar-refractivity contribution in [3.05, 3.63) is 65.7 Å². The molecule has 8 heteroatoms. The van der Waals surface area contributed by atoms with Crippen molar-refractivity contribution in [2.75, 3.05) is 23.7 Å². The number of amides is 2. The number of anilines is 1. The summed E-state index contributed by atoms with van der Waals surface area (Å²) >= 11 is 0. The number of hydrogen-bond acceptors (Lipinski definition) is 4. The Bertz CT molecular complexity index is 1050. The lowest BCUT2D eigenvalue weighted by Gasteiger charge is -2.31. The molecule has 7 nitrogen and oxygen atoms in total.